The number of hydrogen-bond donors (Lipinski definition) is 1. The Morgan fingerprint density at radius 2 is 1.74 bits per heavy atom. The van der Waals surface area contributed by atoms with Gasteiger partial charge in [-0.25, -0.2) is 8.42 Å². The molecule has 1 N–H and O–H groups in total. The van der Waals surface area contributed by atoms with Crippen molar-refractivity contribution in [2.45, 2.75) is 24.8 Å². The van der Waals surface area contributed by atoms with Crippen molar-refractivity contribution in [3.63, 3.8) is 0 Å². The van der Waals surface area contributed by atoms with Crippen LogP contribution in [0.4, 0.5) is 0 Å². The van der Waals surface area contributed by atoms with Crippen LogP contribution in [0.5, 0.6) is 0 Å². The first-order valence-electron chi connectivity index (χ1n) is 7.17. The van der Waals surface area contributed by atoms with E-state index < -0.39 is 10.0 Å². The zero-order valence-corrected chi connectivity index (χ0v) is 14.6. The normalized spacial score (nSPS) is 13.6. The van der Waals surface area contributed by atoms with Crippen molar-refractivity contribution < 1.29 is 8.42 Å². The molecule has 4 nitrogen and oxygen atoms in total. The van der Waals surface area contributed by atoms with Gasteiger partial charge in [-0.2, -0.15) is 0 Å². The molecule has 0 saturated carbocycles. The highest BCUT2D eigenvalue weighted by atomic mass is 35.5. The molecule has 0 amide bonds. The first-order valence-corrected chi connectivity index (χ1v) is 9.19. The molecule has 1 unspecified atom stereocenters. The first kappa shape index (κ1) is 17.5. The van der Waals surface area contributed by atoms with Crippen LogP contribution in [0.15, 0.2) is 64.5 Å². The smallest absolute Gasteiger partial charge is 0.262 e. The fourth-order valence-corrected chi connectivity index (χ4v) is 3.41. The second kappa shape index (κ2) is 7.62. The van der Waals surface area contributed by atoms with Crippen molar-refractivity contribution in [3.8, 4) is 0 Å². The second-order valence-corrected chi connectivity index (χ2v) is 7.20. The molecule has 0 spiro atoms. The van der Waals surface area contributed by atoms with Crippen LogP contribution in [0.25, 0.3) is 0 Å². The minimum atomic E-state index is -3.64. The number of benzene rings is 2. The average molecular weight is 351 g/mol. The van der Waals surface area contributed by atoms with Crippen LogP contribution in [-0.2, 0) is 10.0 Å². The van der Waals surface area contributed by atoms with Crippen molar-refractivity contribution >= 4 is 27.5 Å². The number of hydrogen-bond acceptors (Lipinski definition) is 3. The van der Waals surface area contributed by atoms with Gasteiger partial charge in [0.2, 0.25) is 0 Å². The van der Waals surface area contributed by atoms with Crippen LogP contribution >= 0.6 is 11.6 Å². The van der Waals surface area contributed by atoms with Gasteiger partial charge in [-0.1, -0.05) is 48.0 Å². The molecule has 2 aromatic carbocycles. The van der Waals surface area contributed by atoms with Crippen LogP contribution in [0, 0.1) is 6.92 Å². The maximum Gasteiger partial charge on any atom is 0.262 e. The highest BCUT2D eigenvalue weighted by Crippen LogP contribution is 2.19. The van der Waals surface area contributed by atoms with Crippen molar-refractivity contribution in [1.82, 2.24) is 4.72 Å². The number of nitrogens with one attached hydrogen (secondary N) is 1. The van der Waals surface area contributed by atoms with Crippen LogP contribution in [0.3, 0.4) is 0 Å². The monoisotopic (exact) mass is 350 g/mol. The summed E-state index contributed by atoms with van der Waals surface area (Å²) in [6.45, 7) is 3.52. The van der Waals surface area contributed by atoms with E-state index in [-0.39, 0.29) is 16.8 Å². The maximum atomic E-state index is 12.3. The van der Waals surface area contributed by atoms with Crippen molar-refractivity contribution in [2.24, 2.45) is 4.99 Å². The molecule has 1 atom stereocenters. The van der Waals surface area contributed by atoms with Gasteiger partial charge >= 0.3 is 0 Å². The molecule has 0 bridgehead atoms. The molecule has 0 aliphatic heterocycles. The topological polar surface area (TPSA) is 58.5 Å². The van der Waals surface area contributed by atoms with E-state index in [0.29, 0.717) is 5.84 Å². The predicted molar refractivity (Wildman–Crippen MR) is 94.5 cm³/mol. The van der Waals surface area contributed by atoms with Crippen LogP contribution in [-0.4, -0.2) is 20.1 Å². The van der Waals surface area contributed by atoms with Gasteiger partial charge in [0.05, 0.1) is 10.9 Å². The summed E-state index contributed by atoms with van der Waals surface area (Å²) in [5.41, 5.74) is 1.94. The maximum absolute atomic E-state index is 12.3. The third-order valence-electron chi connectivity index (χ3n) is 3.29. The summed E-state index contributed by atoms with van der Waals surface area (Å²) in [5.74, 6) is 0.577. The molecule has 2 rings (SSSR count). The summed E-state index contributed by atoms with van der Waals surface area (Å²) in [6, 6.07) is 15.9. The van der Waals surface area contributed by atoms with Gasteiger partial charge in [-0.15, -0.1) is 11.6 Å². The van der Waals surface area contributed by atoms with Crippen LogP contribution in [0.2, 0.25) is 0 Å². The Bertz CT molecular complexity index is 772. The summed E-state index contributed by atoms with van der Waals surface area (Å²) in [4.78, 5) is 4.60. The molecule has 23 heavy (non-hydrogen) atoms. The molecule has 0 aliphatic carbocycles. The first-order chi connectivity index (χ1) is 10.9. The SMILES string of the molecule is CC(=NC(CCl)c1ccccc1)NS(=O)(=O)c1ccc(C)cc1. The summed E-state index contributed by atoms with van der Waals surface area (Å²) >= 11 is 5.97. The largest absolute Gasteiger partial charge is 0.267 e. The Morgan fingerprint density at radius 1 is 1.13 bits per heavy atom. The minimum Gasteiger partial charge on any atom is -0.267 e. The number of sulfonamides is 1. The lowest BCUT2D eigenvalue weighted by Gasteiger charge is -2.13. The summed E-state index contributed by atoms with van der Waals surface area (Å²) in [6.07, 6.45) is 0. The fraction of sp³-hybridized carbons (Fsp3) is 0.235. The number of amidine groups is 1. The van der Waals surface area contributed by atoms with Crippen LogP contribution in [0.1, 0.15) is 24.1 Å². The van der Waals surface area contributed by atoms with Gasteiger partial charge in [0.1, 0.15) is 5.84 Å². The van der Waals surface area contributed by atoms with E-state index in [1.54, 1.807) is 31.2 Å². The standard InChI is InChI=1S/C17H19ClN2O2S/c1-13-8-10-16(11-9-13)23(21,22)20-14(2)19-17(12-18)15-6-4-3-5-7-15/h3-11,17H,12H2,1-2H3,(H,19,20). The van der Waals surface area contributed by atoms with E-state index in [1.165, 1.54) is 0 Å². The van der Waals surface area contributed by atoms with Gasteiger partial charge in [0.25, 0.3) is 10.0 Å². The Kier molecular flexibility index (Phi) is 5.80. The van der Waals surface area contributed by atoms with Gasteiger partial charge in [0.15, 0.2) is 0 Å². The van der Waals surface area contributed by atoms with Crippen molar-refractivity contribution in [2.75, 3.05) is 5.88 Å². The number of nitrogens with zero attached hydrogens (tertiary/aromatic N) is 1. The van der Waals surface area contributed by atoms with Crippen molar-refractivity contribution in [1.29, 1.82) is 0 Å². The predicted octanol–water partition coefficient (Wildman–Crippen LogP) is 3.67. The summed E-state index contributed by atoms with van der Waals surface area (Å²) in [5, 5.41) is 0. The van der Waals surface area contributed by atoms with Gasteiger partial charge in [-0.05, 0) is 31.5 Å². The van der Waals surface area contributed by atoms with Gasteiger partial charge in [-0.3, -0.25) is 9.71 Å². The molecule has 0 aliphatic rings. The third kappa shape index (κ3) is 4.81. The Labute approximate surface area is 142 Å². The van der Waals surface area contributed by atoms with Gasteiger partial charge < -0.3 is 0 Å². The second-order valence-electron chi connectivity index (χ2n) is 5.21. The third-order valence-corrected chi connectivity index (χ3v) is 5.04. The molecule has 0 aromatic heterocycles. The Balaban J connectivity index is 2.19. The molecule has 0 saturated heterocycles. The zero-order valence-electron chi connectivity index (χ0n) is 13.0. The van der Waals surface area contributed by atoms with Crippen LogP contribution < -0.4 is 4.72 Å². The highest BCUT2D eigenvalue weighted by molar-refractivity contribution is 7.90. The molecule has 2 aromatic rings. The molecule has 122 valence electrons. The average Bonchev–Trinajstić information content (AvgIpc) is 2.53. The molecular weight excluding hydrogens is 332 g/mol. The lowest BCUT2D eigenvalue weighted by Crippen LogP contribution is -2.29. The van der Waals surface area contributed by atoms with E-state index in [2.05, 4.69) is 9.71 Å². The molecule has 0 heterocycles. The number of aryl methyl sites for hydroxylation is 1. The van der Waals surface area contributed by atoms with E-state index in [1.807, 2.05) is 37.3 Å². The molecule has 6 heteroatoms. The Morgan fingerprint density at radius 3 is 2.30 bits per heavy atom. The van der Waals surface area contributed by atoms with E-state index in [0.717, 1.165) is 11.1 Å². The quantitative estimate of drug-likeness (QED) is 0.508. The molecule has 0 fully saturated rings. The number of alkyl halides is 1. The van der Waals surface area contributed by atoms with E-state index in [4.69, 9.17) is 11.6 Å². The van der Waals surface area contributed by atoms with E-state index in [9.17, 15) is 8.42 Å². The zero-order chi connectivity index (χ0) is 16.9. The lowest BCUT2D eigenvalue weighted by molar-refractivity contribution is 0.592. The van der Waals surface area contributed by atoms with E-state index >= 15 is 0 Å². The summed E-state index contributed by atoms with van der Waals surface area (Å²) in [7, 11) is -3.64. The lowest BCUT2D eigenvalue weighted by atomic mass is 10.1. The number of aliphatic imine (C=N–C) groups is 1. The Hall–Kier alpha value is -1.85. The molecule has 0 radical (unpaired) electrons. The summed E-state index contributed by atoms with van der Waals surface area (Å²) < 4.78 is 27.2. The minimum absolute atomic E-state index is 0.208. The highest BCUT2D eigenvalue weighted by Gasteiger charge is 2.15. The van der Waals surface area contributed by atoms with Crippen molar-refractivity contribution in [3.05, 3.63) is 65.7 Å². The fourth-order valence-electron chi connectivity index (χ4n) is 2.10. The van der Waals surface area contributed by atoms with Gasteiger partial charge in [0, 0.05) is 5.88 Å². The molecular formula is C17H19ClN2O2S. The number of halogens is 1. The number of rotatable bonds is 5.